The standard InChI is InChI=1S/2C24H24ClN7O2.C22H20ClN7O3.2CH4/c2*1-13-6-22(26)29-14(2)19(13)10-28-24(34)23-21(30-15(3)33)12-32(31-23)11-16-4-5-20-17(7-16)8-18(25)9-27-20;1-12-5-20(24)27-13(2)17(12)9-26-22(31)21-19(30(32)33)11-29(28-21)10-14-3-4-18-15(6-14)7-16(23)8-25-18;;/h2*4-9,12H,10-11H2,1-3H3,(H2,26,29)(H,28,34)(H,30,33);3-8,11H,9-10H2,1-2H3,(H2,24,27)(H,26,31);2*1H4. The van der Waals surface area contributed by atoms with Gasteiger partial charge in [-0.3, -0.25) is 63.1 Å². The van der Waals surface area contributed by atoms with E-state index in [2.05, 4.69) is 71.8 Å². The maximum atomic E-state index is 13.0. The summed E-state index contributed by atoms with van der Waals surface area (Å²) < 4.78 is 4.59. The Kier molecular flexibility index (Phi) is 24.9. The predicted molar refractivity (Wildman–Crippen MR) is 401 cm³/mol. The van der Waals surface area contributed by atoms with Crippen LogP contribution in [0.25, 0.3) is 32.7 Å². The average Bonchev–Trinajstić information content (AvgIpc) is 1.72. The number of hydrogen-bond acceptors (Lipinski definition) is 19. The fraction of sp³-hybridized carbons (Fsp3) is 0.222. The molecule has 532 valence electrons. The fourth-order valence-corrected chi connectivity index (χ4v) is 11.7. The molecule has 0 fully saturated rings. The second-order valence-electron chi connectivity index (χ2n) is 23.7. The number of carbonyl (C=O) groups is 5. The topological polar surface area (TPSA) is 397 Å². The molecular formula is C72H76Cl3N21O7. The minimum Gasteiger partial charge on any atom is -0.384 e. The van der Waals surface area contributed by atoms with Crippen molar-refractivity contribution in [3.8, 4) is 0 Å². The van der Waals surface area contributed by atoms with Crippen molar-refractivity contribution < 1.29 is 28.9 Å². The third-order valence-corrected chi connectivity index (χ3v) is 16.5. The molecule has 5 amide bonds. The predicted octanol–water partition coefficient (Wildman–Crippen LogP) is 12.1. The number of amides is 5. The molecule has 0 unspecified atom stereocenters. The van der Waals surface area contributed by atoms with E-state index in [9.17, 15) is 34.1 Å². The Morgan fingerprint density at radius 3 is 1.06 bits per heavy atom. The molecule has 0 aliphatic rings. The van der Waals surface area contributed by atoms with Crippen LogP contribution in [-0.4, -0.2) is 93.7 Å². The lowest BCUT2D eigenvalue weighted by Gasteiger charge is -2.11. The lowest BCUT2D eigenvalue weighted by Crippen LogP contribution is -2.26. The van der Waals surface area contributed by atoms with Crippen LogP contribution in [0.5, 0.6) is 0 Å². The Bertz CT molecular complexity index is 4960. The molecule has 0 atom stereocenters. The molecular weight excluding hydrogens is 1380 g/mol. The van der Waals surface area contributed by atoms with Gasteiger partial charge in [0.05, 0.1) is 67.6 Å². The fourth-order valence-electron chi connectivity index (χ4n) is 11.2. The molecule has 103 heavy (non-hydrogen) atoms. The molecule has 0 saturated carbocycles. The number of halogens is 3. The number of nitrogens with one attached hydrogen (secondary N) is 5. The number of nitrogens with two attached hydrogens (primary N) is 3. The van der Waals surface area contributed by atoms with Crippen LogP contribution in [-0.2, 0) is 48.9 Å². The molecule has 3 aromatic carbocycles. The summed E-state index contributed by atoms with van der Waals surface area (Å²) in [6.07, 6.45) is 9.29. The highest BCUT2D eigenvalue weighted by molar-refractivity contribution is 6.31. The normalized spacial score (nSPS) is 10.7. The van der Waals surface area contributed by atoms with Gasteiger partial charge in [-0.2, -0.15) is 15.3 Å². The molecule has 12 aromatic rings. The van der Waals surface area contributed by atoms with E-state index in [0.717, 1.165) is 94.2 Å². The van der Waals surface area contributed by atoms with Crippen LogP contribution >= 0.6 is 34.8 Å². The molecule has 11 N–H and O–H groups in total. The average molecular weight is 1450 g/mol. The molecule has 28 nitrogen and oxygen atoms in total. The number of pyridine rings is 6. The van der Waals surface area contributed by atoms with Gasteiger partial charge in [0.2, 0.25) is 17.5 Å². The number of nitro groups is 1. The van der Waals surface area contributed by atoms with Crippen LogP contribution < -0.4 is 43.8 Å². The summed E-state index contributed by atoms with van der Waals surface area (Å²) in [6, 6.07) is 27.8. The molecule has 31 heteroatoms. The molecule has 0 bridgehead atoms. The second kappa shape index (κ2) is 33.4. The van der Waals surface area contributed by atoms with Crippen LogP contribution in [0.4, 0.5) is 34.5 Å². The number of aryl methyl sites for hydroxylation is 6. The lowest BCUT2D eigenvalue weighted by atomic mass is 10.1. The van der Waals surface area contributed by atoms with Crippen molar-refractivity contribution in [1.82, 2.24) is 75.2 Å². The van der Waals surface area contributed by atoms with Crippen molar-refractivity contribution >= 4 is 132 Å². The number of rotatable bonds is 18. The van der Waals surface area contributed by atoms with Gasteiger partial charge in [0, 0.05) is 97.7 Å². The van der Waals surface area contributed by atoms with Gasteiger partial charge in [-0.15, -0.1) is 0 Å². The highest BCUT2D eigenvalue weighted by Crippen LogP contribution is 2.27. The van der Waals surface area contributed by atoms with E-state index in [1.807, 2.05) is 101 Å². The number of hydrogen-bond donors (Lipinski definition) is 8. The molecule has 0 radical (unpaired) electrons. The molecule has 9 heterocycles. The van der Waals surface area contributed by atoms with E-state index in [1.165, 1.54) is 24.7 Å². The zero-order chi connectivity index (χ0) is 72.5. The summed E-state index contributed by atoms with van der Waals surface area (Å²) in [5.74, 6) is -0.803. The Morgan fingerprint density at radius 1 is 0.456 bits per heavy atom. The first-order chi connectivity index (χ1) is 48.1. The maximum Gasteiger partial charge on any atom is 0.320 e. The second-order valence-corrected chi connectivity index (χ2v) is 25.0. The highest BCUT2D eigenvalue weighted by Gasteiger charge is 2.27. The van der Waals surface area contributed by atoms with Gasteiger partial charge in [0.15, 0.2) is 11.4 Å². The summed E-state index contributed by atoms with van der Waals surface area (Å²) in [6.45, 7) is 15.6. The number of aromatic nitrogens is 12. The number of nitrogens with zero attached hydrogens (tertiary/aromatic N) is 13. The smallest absolute Gasteiger partial charge is 0.320 e. The Labute approximate surface area is 607 Å². The molecule has 0 aliphatic heterocycles. The number of benzene rings is 3. The van der Waals surface area contributed by atoms with Crippen molar-refractivity contribution in [3.63, 3.8) is 0 Å². The van der Waals surface area contributed by atoms with Crippen LogP contribution in [0.3, 0.4) is 0 Å². The summed E-state index contributed by atoms with van der Waals surface area (Å²) in [5.41, 5.74) is 30.2. The van der Waals surface area contributed by atoms with E-state index < -0.39 is 22.6 Å². The van der Waals surface area contributed by atoms with E-state index in [0.29, 0.717) is 62.7 Å². The summed E-state index contributed by atoms with van der Waals surface area (Å²) in [5, 5.41) is 42.7. The summed E-state index contributed by atoms with van der Waals surface area (Å²) in [7, 11) is 0. The van der Waals surface area contributed by atoms with E-state index in [1.54, 1.807) is 71.5 Å². The number of fused-ring (bicyclic) bond motifs is 3. The van der Waals surface area contributed by atoms with Crippen LogP contribution in [0.15, 0.2) is 128 Å². The van der Waals surface area contributed by atoms with Gasteiger partial charge >= 0.3 is 5.69 Å². The molecule has 12 rings (SSSR count). The van der Waals surface area contributed by atoms with Gasteiger partial charge in [-0.05, 0) is 164 Å². The van der Waals surface area contributed by atoms with Crippen LogP contribution in [0.2, 0.25) is 15.1 Å². The van der Waals surface area contributed by atoms with Gasteiger partial charge < -0.3 is 43.8 Å². The largest absolute Gasteiger partial charge is 0.384 e. The van der Waals surface area contributed by atoms with Gasteiger partial charge in [-0.1, -0.05) is 67.9 Å². The van der Waals surface area contributed by atoms with Gasteiger partial charge in [-0.25, -0.2) is 15.0 Å². The molecule has 9 aromatic heterocycles. The molecule has 0 aliphatic carbocycles. The maximum absolute atomic E-state index is 13.0. The first-order valence-electron chi connectivity index (χ1n) is 31.2. The Morgan fingerprint density at radius 2 is 0.757 bits per heavy atom. The minimum absolute atomic E-state index is 0. The minimum atomic E-state index is -0.648. The third-order valence-electron chi connectivity index (χ3n) is 15.9. The zero-order valence-electron chi connectivity index (χ0n) is 55.9. The summed E-state index contributed by atoms with van der Waals surface area (Å²) >= 11 is 18.1. The van der Waals surface area contributed by atoms with Crippen LogP contribution in [0.1, 0.15) is 127 Å². The van der Waals surface area contributed by atoms with E-state index in [-0.39, 0.29) is 75.6 Å². The molecule has 0 saturated heterocycles. The van der Waals surface area contributed by atoms with E-state index >= 15 is 0 Å². The molecule has 0 spiro atoms. The van der Waals surface area contributed by atoms with Crippen molar-refractivity contribution in [2.24, 2.45) is 0 Å². The first-order valence-corrected chi connectivity index (χ1v) is 32.3. The van der Waals surface area contributed by atoms with Crippen molar-refractivity contribution in [2.45, 2.75) is 110 Å². The summed E-state index contributed by atoms with van der Waals surface area (Å²) in [4.78, 5) is 98.6. The lowest BCUT2D eigenvalue weighted by molar-refractivity contribution is -0.385. The number of nitrogen functional groups attached to an aromatic ring is 3. The van der Waals surface area contributed by atoms with Crippen LogP contribution in [0, 0.1) is 51.7 Å². The Balaban J connectivity index is 0.000000194. The number of carbonyl (C=O) groups excluding carboxylic acids is 5. The number of anilines is 5. The zero-order valence-corrected chi connectivity index (χ0v) is 58.2. The quantitative estimate of drug-likeness (QED) is 0.0292. The van der Waals surface area contributed by atoms with Crippen molar-refractivity contribution in [2.75, 3.05) is 27.8 Å². The van der Waals surface area contributed by atoms with Crippen molar-refractivity contribution in [1.29, 1.82) is 0 Å². The first kappa shape index (κ1) is 76.7. The SMILES string of the molecule is C.C.CC(=O)Nc1cn(Cc2ccc3ncc(Cl)cc3c2)nc1C(=O)NCc1c(C)cc(N)nc1C.CC(=O)Nc1cn(Cc2ccc3ncc(Cl)cc3c2)nc1C(=O)NCc1c(C)cc(N)nc1C.Cc1cc(N)nc(C)c1CNC(=O)c1nn(Cc2ccc3ncc(Cl)cc3c2)cc1[N+](=O)[O-]. The Hall–Kier alpha value is -12.0. The third kappa shape index (κ3) is 19.5. The highest BCUT2D eigenvalue weighted by atomic mass is 35.5. The van der Waals surface area contributed by atoms with Gasteiger partial charge in [0.25, 0.3) is 17.7 Å². The monoisotopic (exact) mass is 1450 g/mol. The van der Waals surface area contributed by atoms with Crippen molar-refractivity contribution in [3.05, 3.63) is 238 Å². The van der Waals surface area contributed by atoms with Gasteiger partial charge in [0.1, 0.15) is 23.7 Å². The van der Waals surface area contributed by atoms with E-state index in [4.69, 9.17) is 52.0 Å².